The van der Waals surface area contributed by atoms with Crippen LogP contribution in [0.4, 0.5) is 14.9 Å². The van der Waals surface area contributed by atoms with Gasteiger partial charge in [0.1, 0.15) is 18.0 Å². The molecule has 0 radical (unpaired) electrons. The van der Waals surface area contributed by atoms with Crippen molar-refractivity contribution in [3.8, 4) is 11.5 Å². The van der Waals surface area contributed by atoms with Gasteiger partial charge in [-0.3, -0.25) is 14.9 Å². The Balaban J connectivity index is 1.66. The third-order valence-corrected chi connectivity index (χ3v) is 5.87. The van der Waals surface area contributed by atoms with Gasteiger partial charge in [-0.25, -0.2) is 14.1 Å². The summed E-state index contributed by atoms with van der Waals surface area (Å²) in [5.74, 6) is -1.63. The summed E-state index contributed by atoms with van der Waals surface area (Å²) in [6, 6.07) is 13.6. The zero-order chi connectivity index (χ0) is 26.0. The molecule has 4 amide bonds. The zero-order valence-electron chi connectivity index (χ0n) is 19.7. The van der Waals surface area contributed by atoms with E-state index in [9.17, 15) is 18.8 Å². The lowest BCUT2D eigenvalue weighted by molar-refractivity contribution is -0.122. The van der Waals surface area contributed by atoms with Crippen LogP contribution in [-0.2, 0) is 16.2 Å². The molecule has 0 bridgehead atoms. The van der Waals surface area contributed by atoms with Crippen LogP contribution in [0.2, 0.25) is 5.02 Å². The Bertz CT molecular complexity index is 1420. The predicted molar refractivity (Wildman–Crippen MR) is 134 cm³/mol. The number of carbonyl (C=O) groups is 3. The molecule has 1 aliphatic rings. The predicted octanol–water partition coefficient (Wildman–Crippen LogP) is 5.35. The first-order chi connectivity index (χ1) is 17.2. The van der Waals surface area contributed by atoms with Crippen molar-refractivity contribution >= 4 is 41.2 Å². The number of imide groups is 2. The van der Waals surface area contributed by atoms with E-state index >= 15 is 0 Å². The van der Waals surface area contributed by atoms with Crippen molar-refractivity contribution in [1.82, 2.24) is 5.32 Å². The third-order valence-electron chi connectivity index (χ3n) is 5.59. The molecule has 0 spiro atoms. The summed E-state index contributed by atoms with van der Waals surface area (Å²) in [5, 5.41) is 2.33. The lowest BCUT2D eigenvalue weighted by Crippen LogP contribution is -2.54. The molecule has 3 aromatic carbocycles. The standard InChI is InChI=1S/C27H22ClFN2O5/c1-15-8-9-22(16(2)10-15)31-26(33)19(25(32)30-27(31)34)11-17-12-20(28)24(23(13-17)35-3)36-14-18-6-4-5-7-21(18)29/h4-13H,14H2,1-3H3,(H,30,32,34)/b19-11+. The topological polar surface area (TPSA) is 84.9 Å². The fourth-order valence-electron chi connectivity index (χ4n) is 3.83. The van der Waals surface area contributed by atoms with Gasteiger partial charge in [-0.1, -0.05) is 47.5 Å². The Morgan fingerprint density at radius 3 is 2.50 bits per heavy atom. The van der Waals surface area contributed by atoms with E-state index in [0.29, 0.717) is 22.4 Å². The molecule has 36 heavy (non-hydrogen) atoms. The molecule has 4 rings (SSSR count). The number of hydrogen-bond acceptors (Lipinski definition) is 5. The van der Waals surface area contributed by atoms with Crippen LogP contribution in [0.3, 0.4) is 0 Å². The maximum atomic E-state index is 14.0. The Kier molecular flexibility index (Phi) is 7.07. The summed E-state index contributed by atoms with van der Waals surface area (Å²) in [6.45, 7) is 3.58. The molecule has 184 valence electrons. The maximum Gasteiger partial charge on any atom is 0.335 e. The number of amides is 4. The van der Waals surface area contributed by atoms with Crippen LogP contribution >= 0.6 is 11.6 Å². The summed E-state index contributed by atoms with van der Waals surface area (Å²) in [7, 11) is 1.40. The normalized spacial score (nSPS) is 14.8. The van der Waals surface area contributed by atoms with Crippen LogP contribution in [0.5, 0.6) is 11.5 Å². The highest BCUT2D eigenvalue weighted by atomic mass is 35.5. The van der Waals surface area contributed by atoms with E-state index in [2.05, 4.69) is 5.32 Å². The first kappa shape index (κ1) is 24.9. The summed E-state index contributed by atoms with van der Waals surface area (Å²) >= 11 is 6.42. The molecule has 9 heteroatoms. The smallest absolute Gasteiger partial charge is 0.335 e. The van der Waals surface area contributed by atoms with E-state index in [0.717, 1.165) is 10.5 Å². The minimum Gasteiger partial charge on any atom is -0.493 e. The molecule has 0 unspecified atom stereocenters. The van der Waals surface area contributed by atoms with Crippen LogP contribution < -0.4 is 19.7 Å². The number of nitrogens with zero attached hydrogens (tertiary/aromatic N) is 1. The Morgan fingerprint density at radius 2 is 1.81 bits per heavy atom. The summed E-state index contributed by atoms with van der Waals surface area (Å²) in [4.78, 5) is 39.2. The Morgan fingerprint density at radius 1 is 1.06 bits per heavy atom. The average molecular weight is 509 g/mol. The molecule has 7 nitrogen and oxygen atoms in total. The summed E-state index contributed by atoms with van der Waals surface area (Å²) in [6.07, 6.45) is 1.32. The van der Waals surface area contributed by atoms with Crippen molar-refractivity contribution < 1.29 is 28.2 Å². The number of halogens is 2. The van der Waals surface area contributed by atoms with E-state index in [4.69, 9.17) is 21.1 Å². The van der Waals surface area contributed by atoms with Crippen molar-refractivity contribution in [2.45, 2.75) is 20.5 Å². The van der Waals surface area contributed by atoms with Crippen molar-refractivity contribution in [3.63, 3.8) is 0 Å². The minimum absolute atomic E-state index is 0.0863. The van der Waals surface area contributed by atoms with Crippen LogP contribution in [0, 0.1) is 19.7 Å². The second kappa shape index (κ2) is 10.2. The highest BCUT2D eigenvalue weighted by Gasteiger charge is 2.37. The molecule has 0 aliphatic carbocycles. The van der Waals surface area contributed by atoms with Crippen LogP contribution in [0.15, 0.2) is 60.2 Å². The fourth-order valence-corrected chi connectivity index (χ4v) is 4.10. The number of hydrogen-bond donors (Lipinski definition) is 1. The average Bonchev–Trinajstić information content (AvgIpc) is 2.83. The van der Waals surface area contributed by atoms with Crippen LogP contribution in [-0.4, -0.2) is 25.0 Å². The molecule has 0 atom stereocenters. The van der Waals surface area contributed by atoms with Gasteiger partial charge in [-0.2, -0.15) is 0 Å². The highest BCUT2D eigenvalue weighted by molar-refractivity contribution is 6.39. The van der Waals surface area contributed by atoms with Gasteiger partial charge in [0.15, 0.2) is 11.5 Å². The Hall–Kier alpha value is -4.17. The maximum absolute atomic E-state index is 14.0. The van der Waals surface area contributed by atoms with Gasteiger partial charge < -0.3 is 9.47 Å². The Labute approximate surface area is 212 Å². The van der Waals surface area contributed by atoms with Gasteiger partial charge in [0, 0.05) is 5.56 Å². The molecule has 1 saturated heterocycles. The lowest BCUT2D eigenvalue weighted by atomic mass is 10.0. The molecule has 1 aliphatic heterocycles. The molecule has 0 saturated carbocycles. The molecular weight excluding hydrogens is 487 g/mol. The number of nitrogens with one attached hydrogen (secondary N) is 1. The number of ether oxygens (including phenoxy) is 2. The number of benzene rings is 3. The molecule has 3 aromatic rings. The van der Waals surface area contributed by atoms with Gasteiger partial charge in [-0.15, -0.1) is 0 Å². The van der Waals surface area contributed by atoms with Gasteiger partial charge >= 0.3 is 6.03 Å². The van der Waals surface area contributed by atoms with Crippen LogP contribution in [0.25, 0.3) is 6.08 Å². The first-order valence-corrected chi connectivity index (χ1v) is 11.3. The molecule has 1 heterocycles. The molecule has 0 aromatic heterocycles. The number of rotatable bonds is 6. The monoisotopic (exact) mass is 508 g/mol. The van der Waals surface area contributed by atoms with Crippen molar-refractivity contribution in [2.24, 2.45) is 0 Å². The minimum atomic E-state index is -0.832. The SMILES string of the molecule is COc1cc(/C=C2\C(=O)NC(=O)N(c3ccc(C)cc3C)C2=O)cc(Cl)c1OCc1ccccc1F. The largest absolute Gasteiger partial charge is 0.493 e. The number of carbonyl (C=O) groups excluding carboxylic acids is 3. The van der Waals surface area contributed by atoms with Crippen LogP contribution in [0.1, 0.15) is 22.3 Å². The second-order valence-corrected chi connectivity index (χ2v) is 8.57. The van der Waals surface area contributed by atoms with Crippen molar-refractivity contribution in [3.05, 3.63) is 93.3 Å². The third kappa shape index (κ3) is 4.94. The summed E-state index contributed by atoms with van der Waals surface area (Å²) in [5.41, 5.74) is 2.48. The van der Waals surface area contributed by atoms with E-state index in [1.165, 1.54) is 31.4 Å². The van der Waals surface area contributed by atoms with Gasteiger partial charge in [0.05, 0.1) is 17.8 Å². The summed E-state index contributed by atoms with van der Waals surface area (Å²) < 4.78 is 25.0. The number of barbiturate groups is 1. The van der Waals surface area contributed by atoms with Gasteiger partial charge in [0.2, 0.25) is 0 Å². The van der Waals surface area contributed by atoms with E-state index < -0.39 is 23.7 Å². The fraction of sp³-hybridized carbons (Fsp3) is 0.148. The molecule has 1 fully saturated rings. The zero-order valence-corrected chi connectivity index (χ0v) is 20.5. The van der Waals surface area contributed by atoms with Gasteiger partial charge in [0.25, 0.3) is 11.8 Å². The molecular formula is C27H22ClFN2O5. The molecule has 1 N–H and O–H groups in total. The van der Waals surface area contributed by atoms with Crippen molar-refractivity contribution in [2.75, 3.05) is 12.0 Å². The van der Waals surface area contributed by atoms with E-state index in [1.54, 1.807) is 37.3 Å². The van der Waals surface area contributed by atoms with E-state index in [-0.39, 0.29) is 28.7 Å². The second-order valence-electron chi connectivity index (χ2n) is 8.16. The van der Waals surface area contributed by atoms with Crippen molar-refractivity contribution in [1.29, 1.82) is 0 Å². The first-order valence-electron chi connectivity index (χ1n) is 10.9. The number of methoxy groups -OCH3 is 1. The number of aryl methyl sites for hydroxylation is 2. The lowest BCUT2D eigenvalue weighted by Gasteiger charge is -2.27. The quantitative estimate of drug-likeness (QED) is 0.358. The highest BCUT2D eigenvalue weighted by Crippen LogP contribution is 2.38. The van der Waals surface area contributed by atoms with Gasteiger partial charge in [-0.05, 0) is 55.3 Å². The number of urea groups is 1. The number of anilines is 1. The van der Waals surface area contributed by atoms with E-state index in [1.807, 2.05) is 13.0 Å².